The molecule has 1 unspecified atom stereocenters. The van der Waals surface area contributed by atoms with Crippen LogP contribution in [0.3, 0.4) is 0 Å². The molecule has 0 bridgehead atoms. The van der Waals surface area contributed by atoms with Gasteiger partial charge in [0.05, 0.1) is 5.60 Å². The number of urea groups is 1. The number of rotatable bonds is 5. The van der Waals surface area contributed by atoms with Gasteiger partial charge in [0.2, 0.25) is 5.91 Å². The van der Waals surface area contributed by atoms with Crippen LogP contribution in [0.5, 0.6) is 0 Å². The number of nitrogens with two attached hydrogens (primary N) is 1. The normalized spacial score (nSPS) is 20.0. The van der Waals surface area contributed by atoms with Gasteiger partial charge < -0.3 is 21.5 Å². The Morgan fingerprint density at radius 1 is 1.20 bits per heavy atom. The number of primary amides is 1. The second-order valence-electron chi connectivity index (χ2n) is 6.09. The molecule has 1 atom stereocenters. The number of amides is 3. The molecule has 3 amide bonds. The van der Waals surface area contributed by atoms with Gasteiger partial charge in [-0.25, -0.2) is 4.79 Å². The lowest BCUT2D eigenvalue weighted by Gasteiger charge is -2.28. The van der Waals surface area contributed by atoms with Crippen molar-refractivity contribution in [2.24, 2.45) is 11.7 Å². The van der Waals surface area contributed by atoms with Crippen LogP contribution in [0.25, 0.3) is 0 Å². The van der Waals surface area contributed by atoms with E-state index in [1.807, 2.05) is 13.8 Å². The Morgan fingerprint density at radius 2 is 1.75 bits per heavy atom. The van der Waals surface area contributed by atoms with Crippen molar-refractivity contribution < 1.29 is 14.7 Å². The molecule has 6 nitrogen and oxygen atoms in total. The Morgan fingerprint density at radius 3 is 2.20 bits per heavy atom. The first-order valence-corrected chi connectivity index (χ1v) is 7.40. The Balaban J connectivity index is 2.53. The molecule has 1 aliphatic rings. The molecule has 0 spiro atoms. The lowest BCUT2D eigenvalue weighted by Crippen LogP contribution is -2.54. The first-order chi connectivity index (χ1) is 9.34. The number of hydrogen-bond acceptors (Lipinski definition) is 3. The predicted molar refractivity (Wildman–Crippen MR) is 77.0 cm³/mol. The molecule has 0 aromatic rings. The van der Waals surface area contributed by atoms with Gasteiger partial charge >= 0.3 is 6.03 Å². The van der Waals surface area contributed by atoms with E-state index in [4.69, 9.17) is 5.73 Å². The fourth-order valence-corrected chi connectivity index (χ4v) is 2.61. The Bertz CT molecular complexity index is 337. The number of carbonyl (C=O) groups is 2. The summed E-state index contributed by atoms with van der Waals surface area (Å²) in [6.45, 7) is 3.90. The highest BCUT2D eigenvalue weighted by molar-refractivity contribution is 5.86. The maximum atomic E-state index is 12.1. The molecule has 0 saturated heterocycles. The monoisotopic (exact) mass is 285 g/mol. The van der Waals surface area contributed by atoms with Crippen molar-refractivity contribution in [3.63, 3.8) is 0 Å². The summed E-state index contributed by atoms with van der Waals surface area (Å²) in [6.07, 6.45) is 5.66. The summed E-state index contributed by atoms with van der Waals surface area (Å²) in [4.78, 5) is 23.0. The SMILES string of the molecule is CC(C)C(NC(N)=O)C(=O)NCC1(O)CCCCCC1. The molecule has 1 aliphatic carbocycles. The van der Waals surface area contributed by atoms with Crippen molar-refractivity contribution >= 4 is 11.9 Å². The average molecular weight is 285 g/mol. The fourth-order valence-electron chi connectivity index (χ4n) is 2.61. The second kappa shape index (κ2) is 7.47. The third-order valence-corrected chi connectivity index (χ3v) is 3.87. The summed E-state index contributed by atoms with van der Waals surface area (Å²) in [5.74, 6) is -0.359. The zero-order valence-electron chi connectivity index (χ0n) is 12.4. The summed E-state index contributed by atoms with van der Waals surface area (Å²) in [5, 5.41) is 15.7. The first-order valence-electron chi connectivity index (χ1n) is 7.40. The molecule has 116 valence electrons. The summed E-state index contributed by atoms with van der Waals surface area (Å²) >= 11 is 0. The van der Waals surface area contributed by atoms with Crippen LogP contribution in [0.15, 0.2) is 0 Å². The van der Waals surface area contributed by atoms with Gasteiger partial charge in [-0.3, -0.25) is 4.79 Å². The molecule has 0 aromatic heterocycles. The zero-order chi connectivity index (χ0) is 15.2. The molecule has 20 heavy (non-hydrogen) atoms. The van der Waals surface area contributed by atoms with Crippen LogP contribution in [0.2, 0.25) is 0 Å². The minimum absolute atomic E-state index is 0.0636. The molecule has 0 aromatic carbocycles. The van der Waals surface area contributed by atoms with E-state index < -0.39 is 17.7 Å². The summed E-state index contributed by atoms with van der Waals surface area (Å²) < 4.78 is 0. The van der Waals surface area contributed by atoms with Crippen molar-refractivity contribution in [1.82, 2.24) is 10.6 Å². The van der Waals surface area contributed by atoms with Crippen molar-refractivity contribution in [3.8, 4) is 0 Å². The summed E-state index contributed by atoms with van der Waals surface area (Å²) in [7, 11) is 0. The van der Waals surface area contributed by atoms with Crippen LogP contribution >= 0.6 is 0 Å². The van der Waals surface area contributed by atoms with E-state index in [9.17, 15) is 14.7 Å². The van der Waals surface area contributed by atoms with E-state index >= 15 is 0 Å². The van der Waals surface area contributed by atoms with E-state index in [1.165, 1.54) is 0 Å². The summed E-state index contributed by atoms with van der Waals surface area (Å²) in [6, 6.07) is -1.38. The zero-order valence-corrected chi connectivity index (χ0v) is 12.4. The van der Waals surface area contributed by atoms with Crippen molar-refractivity contribution in [3.05, 3.63) is 0 Å². The van der Waals surface area contributed by atoms with E-state index in [0.717, 1.165) is 25.7 Å². The second-order valence-corrected chi connectivity index (χ2v) is 6.09. The van der Waals surface area contributed by atoms with Crippen molar-refractivity contribution in [2.75, 3.05) is 6.54 Å². The molecule has 1 fully saturated rings. The van der Waals surface area contributed by atoms with Gasteiger partial charge in [-0.1, -0.05) is 39.5 Å². The number of nitrogens with one attached hydrogen (secondary N) is 2. The molecule has 1 saturated carbocycles. The Labute approximate surface area is 120 Å². The molecule has 0 heterocycles. The maximum absolute atomic E-state index is 12.1. The van der Waals surface area contributed by atoms with E-state index in [0.29, 0.717) is 12.8 Å². The van der Waals surface area contributed by atoms with E-state index in [2.05, 4.69) is 10.6 Å². The van der Waals surface area contributed by atoms with Crippen LogP contribution in [-0.2, 0) is 4.79 Å². The number of aliphatic hydroxyl groups is 1. The van der Waals surface area contributed by atoms with Gasteiger partial charge in [-0.05, 0) is 18.8 Å². The minimum atomic E-state index is -0.819. The molecule has 6 heteroatoms. The van der Waals surface area contributed by atoms with Crippen LogP contribution < -0.4 is 16.4 Å². The molecule has 5 N–H and O–H groups in total. The van der Waals surface area contributed by atoms with Gasteiger partial charge in [0.15, 0.2) is 0 Å². The highest BCUT2D eigenvalue weighted by Crippen LogP contribution is 2.26. The smallest absolute Gasteiger partial charge is 0.312 e. The van der Waals surface area contributed by atoms with Crippen LogP contribution in [0.4, 0.5) is 4.79 Å². The molecular formula is C14H27N3O3. The van der Waals surface area contributed by atoms with Crippen LogP contribution in [0, 0.1) is 5.92 Å². The molecule has 0 radical (unpaired) electrons. The predicted octanol–water partition coefficient (Wildman–Crippen LogP) is 0.881. The van der Waals surface area contributed by atoms with Crippen molar-refractivity contribution in [1.29, 1.82) is 0 Å². The third-order valence-electron chi connectivity index (χ3n) is 3.87. The van der Waals surface area contributed by atoms with Gasteiger partial charge in [0, 0.05) is 6.54 Å². The highest BCUT2D eigenvalue weighted by Gasteiger charge is 2.30. The number of hydrogen-bond donors (Lipinski definition) is 4. The molecule has 0 aliphatic heterocycles. The first kappa shape index (κ1) is 16.8. The lowest BCUT2D eigenvalue weighted by atomic mass is 9.94. The van der Waals surface area contributed by atoms with Crippen LogP contribution in [-0.4, -0.2) is 35.2 Å². The quantitative estimate of drug-likeness (QED) is 0.564. The van der Waals surface area contributed by atoms with Gasteiger partial charge in [0.25, 0.3) is 0 Å². The van der Waals surface area contributed by atoms with E-state index in [-0.39, 0.29) is 18.4 Å². The topological polar surface area (TPSA) is 104 Å². The Kier molecular flexibility index (Phi) is 6.26. The lowest BCUT2D eigenvalue weighted by molar-refractivity contribution is -0.125. The number of carbonyl (C=O) groups excluding carboxylic acids is 2. The minimum Gasteiger partial charge on any atom is -0.388 e. The third kappa shape index (κ3) is 5.36. The van der Waals surface area contributed by atoms with E-state index in [1.54, 1.807) is 0 Å². The highest BCUT2D eigenvalue weighted by atomic mass is 16.3. The van der Waals surface area contributed by atoms with Gasteiger partial charge in [-0.15, -0.1) is 0 Å². The molecular weight excluding hydrogens is 258 g/mol. The van der Waals surface area contributed by atoms with Crippen molar-refractivity contribution in [2.45, 2.75) is 64.0 Å². The largest absolute Gasteiger partial charge is 0.388 e. The van der Waals surface area contributed by atoms with Gasteiger partial charge in [0.1, 0.15) is 6.04 Å². The fraction of sp³-hybridized carbons (Fsp3) is 0.857. The molecule has 1 rings (SSSR count). The standard InChI is InChI=1S/C14H27N3O3/c1-10(2)11(17-13(15)19)12(18)16-9-14(20)7-5-3-4-6-8-14/h10-11,20H,3-9H2,1-2H3,(H,16,18)(H3,15,17,19). The summed E-state index contributed by atoms with van der Waals surface area (Å²) in [5.41, 5.74) is 4.26. The van der Waals surface area contributed by atoms with Gasteiger partial charge in [-0.2, -0.15) is 0 Å². The van der Waals surface area contributed by atoms with Crippen LogP contribution in [0.1, 0.15) is 52.4 Å². The average Bonchev–Trinajstić information content (AvgIpc) is 2.58. The maximum Gasteiger partial charge on any atom is 0.312 e. The Hall–Kier alpha value is -1.30.